The molecule has 1 aliphatic rings. The van der Waals surface area contributed by atoms with Crippen molar-refractivity contribution in [2.24, 2.45) is 0 Å². The van der Waals surface area contributed by atoms with Gasteiger partial charge in [0.2, 0.25) is 0 Å². The zero-order valence-corrected chi connectivity index (χ0v) is 10.9. The number of nitrogens with zero attached hydrogens (tertiary/aromatic N) is 2. The SMILES string of the molecule is Fc1ccc(-c2[nH]ncc2CN2CCCCC2)cc1. The predicted octanol–water partition coefficient (Wildman–Crippen LogP) is 3.20. The lowest BCUT2D eigenvalue weighted by molar-refractivity contribution is 0.221. The minimum Gasteiger partial charge on any atom is -0.299 e. The summed E-state index contributed by atoms with van der Waals surface area (Å²) in [6.45, 7) is 3.24. The molecule has 4 heteroatoms. The minimum absolute atomic E-state index is 0.208. The monoisotopic (exact) mass is 259 g/mol. The number of likely N-dealkylation sites (tertiary alicyclic amines) is 1. The van der Waals surface area contributed by atoms with Crippen LogP contribution in [0.25, 0.3) is 11.3 Å². The first-order chi connectivity index (χ1) is 9.33. The molecule has 3 nitrogen and oxygen atoms in total. The average Bonchev–Trinajstić information content (AvgIpc) is 2.89. The van der Waals surface area contributed by atoms with Crippen LogP contribution in [0.3, 0.4) is 0 Å². The second-order valence-corrected chi connectivity index (χ2v) is 5.11. The summed E-state index contributed by atoms with van der Waals surface area (Å²) in [5.74, 6) is -0.208. The van der Waals surface area contributed by atoms with Gasteiger partial charge in [-0.3, -0.25) is 10.00 Å². The van der Waals surface area contributed by atoms with Crippen molar-refractivity contribution in [3.63, 3.8) is 0 Å². The van der Waals surface area contributed by atoms with E-state index in [0.717, 1.165) is 30.9 Å². The van der Waals surface area contributed by atoms with Gasteiger partial charge in [-0.15, -0.1) is 0 Å². The van der Waals surface area contributed by atoms with Crippen LogP contribution in [0, 0.1) is 5.82 Å². The molecule has 100 valence electrons. The third-order valence-electron chi connectivity index (χ3n) is 3.69. The molecule has 3 rings (SSSR count). The van der Waals surface area contributed by atoms with Crippen LogP contribution >= 0.6 is 0 Å². The van der Waals surface area contributed by atoms with Gasteiger partial charge in [-0.2, -0.15) is 5.10 Å². The number of aromatic nitrogens is 2. The predicted molar refractivity (Wildman–Crippen MR) is 73.1 cm³/mol. The zero-order chi connectivity index (χ0) is 13.1. The lowest BCUT2D eigenvalue weighted by Crippen LogP contribution is -2.29. The van der Waals surface area contributed by atoms with Gasteiger partial charge in [-0.25, -0.2) is 4.39 Å². The molecule has 1 aromatic carbocycles. The number of hydrogen-bond donors (Lipinski definition) is 1. The van der Waals surface area contributed by atoms with Crippen LogP contribution in [0.2, 0.25) is 0 Å². The van der Waals surface area contributed by atoms with E-state index in [2.05, 4.69) is 15.1 Å². The Morgan fingerprint density at radius 3 is 2.58 bits per heavy atom. The van der Waals surface area contributed by atoms with E-state index in [9.17, 15) is 4.39 Å². The van der Waals surface area contributed by atoms with Crippen molar-refractivity contribution in [2.45, 2.75) is 25.8 Å². The number of aromatic amines is 1. The average molecular weight is 259 g/mol. The Morgan fingerprint density at radius 2 is 1.84 bits per heavy atom. The Hall–Kier alpha value is -1.68. The molecule has 0 aliphatic carbocycles. The van der Waals surface area contributed by atoms with Gasteiger partial charge >= 0.3 is 0 Å². The molecule has 0 saturated carbocycles. The first-order valence-corrected chi connectivity index (χ1v) is 6.83. The highest BCUT2D eigenvalue weighted by atomic mass is 19.1. The summed E-state index contributed by atoms with van der Waals surface area (Å²) in [6, 6.07) is 6.56. The normalized spacial score (nSPS) is 16.7. The largest absolute Gasteiger partial charge is 0.299 e. The lowest BCUT2D eigenvalue weighted by atomic mass is 10.1. The Morgan fingerprint density at radius 1 is 1.11 bits per heavy atom. The topological polar surface area (TPSA) is 31.9 Å². The van der Waals surface area contributed by atoms with Gasteiger partial charge in [-0.05, 0) is 50.2 Å². The maximum absolute atomic E-state index is 13.0. The van der Waals surface area contributed by atoms with Crippen LogP contribution in [-0.4, -0.2) is 28.2 Å². The van der Waals surface area contributed by atoms with E-state index >= 15 is 0 Å². The molecule has 0 atom stereocenters. The smallest absolute Gasteiger partial charge is 0.123 e. The Bertz CT molecular complexity index is 527. The summed E-state index contributed by atoms with van der Waals surface area (Å²) < 4.78 is 13.0. The zero-order valence-electron chi connectivity index (χ0n) is 10.9. The van der Waals surface area contributed by atoms with Crippen LogP contribution < -0.4 is 0 Å². The lowest BCUT2D eigenvalue weighted by Gasteiger charge is -2.26. The van der Waals surface area contributed by atoms with E-state index in [1.54, 1.807) is 12.1 Å². The van der Waals surface area contributed by atoms with Gasteiger partial charge in [0, 0.05) is 17.7 Å². The highest BCUT2D eigenvalue weighted by Gasteiger charge is 2.14. The van der Waals surface area contributed by atoms with Gasteiger partial charge in [-0.1, -0.05) is 6.42 Å². The van der Waals surface area contributed by atoms with Gasteiger partial charge in [0.1, 0.15) is 5.82 Å². The van der Waals surface area contributed by atoms with E-state index in [-0.39, 0.29) is 5.82 Å². The van der Waals surface area contributed by atoms with Crippen molar-refractivity contribution in [3.05, 3.63) is 41.8 Å². The van der Waals surface area contributed by atoms with E-state index in [1.807, 2.05) is 6.20 Å². The van der Waals surface area contributed by atoms with Crippen molar-refractivity contribution >= 4 is 0 Å². The van der Waals surface area contributed by atoms with Crippen molar-refractivity contribution < 1.29 is 4.39 Å². The molecule has 0 radical (unpaired) electrons. The van der Waals surface area contributed by atoms with Crippen molar-refractivity contribution in [3.8, 4) is 11.3 Å². The fourth-order valence-electron chi connectivity index (χ4n) is 2.66. The standard InChI is InChI=1S/C15H18FN3/c16-14-6-4-12(5-7-14)15-13(10-17-18-15)11-19-8-2-1-3-9-19/h4-7,10H,1-3,8-9,11H2,(H,17,18). The van der Waals surface area contributed by atoms with Crippen LogP contribution in [0.15, 0.2) is 30.5 Å². The molecule has 1 saturated heterocycles. The maximum Gasteiger partial charge on any atom is 0.123 e. The summed E-state index contributed by atoms with van der Waals surface area (Å²) in [7, 11) is 0. The third-order valence-corrected chi connectivity index (χ3v) is 3.69. The van der Waals surface area contributed by atoms with Crippen LogP contribution in [0.5, 0.6) is 0 Å². The molecular weight excluding hydrogens is 241 g/mol. The highest BCUT2D eigenvalue weighted by molar-refractivity contribution is 5.62. The summed E-state index contributed by atoms with van der Waals surface area (Å²) in [5.41, 5.74) is 3.19. The number of H-pyrrole nitrogens is 1. The Kier molecular flexibility index (Phi) is 3.60. The molecule has 19 heavy (non-hydrogen) atoms. The third kappa shape index (κ3) is 2.84. The fourth-order valence-corrected chi connectivity index (χ4v) is 2.66. The van der Waals surface area contributed by atoms with Crippen LogP contribution in [-0.2, 0) is 6.54 Å². The number of nitrogens with one attached hydrogen (secondary N) is 1. The summed E-state index contributed by atoms with van der Waals surface area (Å²) in [4.78, 5) is 2.46. The van der Waals surface area contributed by atoms with E-state index < -0.39 is 0 Å². The molecule has 1 aromatic heterocycles. The fraction of sp³-hybridized carbons (Fsp3) is 0.400. The summed E-state index contributed by atoms with van der Waals surface area (Å²) in [6.07, 6.45) is 5.79. The molecule has 0 bridgehead atoms. The first kappa shape index (κ1) is 12.4. The number of halogens is 1. The maximum atomic E-state index is 13.0. The van der Waals surface area contributed by atoms with Crippen molar-refractivity contribution in [1.29, 1.82) is 0 Å². The van der Waals surface area contributed by atoms with Crippen LogP contribution in [0.4, 0.5) is 4.39 Å². The molecule has 0 spiro atoms. The molecule has 1 N–H and O–H groups in total. The minimum atomic E-state index is -0.208. The van der Waals surface area contributed by atoms with Crippen molar-refractivity contribution in [1.82, 2.24) is 15.1 Å². The highest BCUT2D eigenvalue weighted by Crippen LogP contribution is 2.23. The molecule has 0 unspecified atom stereocenters. The second-order valence-electron chi connectivity index (χ2n) is 5.11. The molecule has 0 amide bonds. The number of hydrogen-bond acceptors (Lipinski definition) is 2. The molecule has 1 fully saturated rings. The van der Waals surface area contributed by atoms with Crippen molar-refractivity contribution in [2.75, 3.05) is 13.1 Å². The van der Waals surface area contributed by atoms with Gasteiger partial charge in [0.25, 0.3) is 0 Å². The van der Waals surface area contributed by atoms with E-state index in [1.165, 1.54) is 37.0 Å². The number of rotatable bonds is 3. The summed E-state index contributed by atoms with van der Waals surface area (Å²) >= 11 is 0. The first-order valence-electron chi connectivity index (χ1n) is 6.83. The molecule has 1 aliphatic heterocycles. The molecule has 2 aromatic rings. The van der Waals surface area contributed by atoms with Gasteiger partial charge in [0.15, 0.2) is 0 Å². The summed E-state index contributed by atoms with van der Waals surface area (Å²) in [5, 5.41) is 7.17. The van der Waals surface area contributed by atoms with Crippen LogP contribution in [0.1, 0.15) is 24.8 Å². The molecular formula is C15H18FN3. The van der Waals surface area contributed by atoms with Gasteiger partial charge in [0.05, 0.1) is 11.9 Å². The quantitative estimate of drug-likeness (QED) is 0.918. The number of piperidine rings is 1. The van der Waals surface area contributed by atoms with E-state index in [4.69, 9.17) is 0 Å². The Labute approximate surface area is 112 Å². The van der Waals surface area contributed by atoms with E-state index in [0.29, 0.717) is 0 Å². The van der Waals surface area contributed by atoms with Gasteiger partial charge < -0.3 is 0 Å². The molecule has 2 heterocycles. The second kappa shape index (κ2) is 5.53. The number of benzene rings is 1. The Balaban J connectivity index is 1.79.